The SMILES string of the molecule is CC.CC.CC.CC(=O)N(C)S(=O)(=O)c1ccccc1.[2H]c1ccccc1. The second-order valence-corrected chi connectivity index (χ2v) is 5.85. The van der Waals surface area contributed by atoms with E-state index in [0.29, 0.717) is 6.04 Å². The van der Waals surface area contributed by atoms with Crippen molar-refractivity contribution in [1.29, 1.82) is 0 Å². The fraction of sp³-hybridized carbons (Fsp3) is 0.381. The second kappa shape index (κ2) is 19.2. The van der Waals surface area contributed by atoms with Gasteiger partial charge in [0.25, 0.3) is 10.0 Å². The average Bonchev–Trinajstić information content (AvgIpc) is 2.73. The molecule has 0 atom stereocenters. The maximum absolute atomic E-state index is 11.7. The molecule has 5 heteroatoms. The summed E-state index contributed by atoms with van der Waals surface area (Å²) in [5, 5.41) is 0. The summed E-state index contributed by atoms with van der Waals surface area (Å²) in [5.74, 6) is -0.506. The Balaban J connectivity index is -0.000000371. The summed E-state index contributed by atoms with van der Waals surface area (Å²) in [5.41, 5.74) is 0. The minimum atomic E-state index is -3.65. The first kappa shape index (κ1) is 26.1. The zero-order valence-corrected chi connectivity index (χ0v) is 18.2. The Bertz CT molecular complexity index is 675. The third-order valence-corrected chi connectivity index (χ3v) is 4.30. The van der Waals surface area contributed by atoms with Gasteiger partial charge in [-0.3, -0.25) is 4.79 Å². The number of hydrogen-bond donors (Lipinski definition) is 0. The fourth-order valence-corrected chi connectivity index (χ4v) is 2.42. The van der Waals surface area contributed by atoms with Crippen LogP contribution in [-0.4, -0.2) is 25.7 Å². The van der Waals surface area contributed by atoms with Crippen molar-refractivity contribution in [2.45, 2.75) is 53.4 Å². The Morgan fingerprint density at radius 3 is 1.46 bits per heavy atom. The Labute approximate surface area is 162 Å². The van der Waals surface area contributed by atoms with Crippen LogP contribution in [0, 0.1) is 0 Å². The highest BCUT2D eigenvalue weighted by Gasteiger charge is 2.21. The van der Waals surface area contributed by atoms with Gasteiger partial charge in [-0.1, -0.05) is 96.1 Å². The molecule has 0 aliphatic rings. The number of nitrogens with zero attached hydrogens (tertiary/aromatic N) is 1. The van der Waals surface area contributed by atoms with Crippen molar-refractivity contribution < 1.29 is 14.6 Å². The highest BCUT2D eigenvalue weighted by atomic mass is 32.2. The first-order valence-corrected chi connectivity index (χ1v) is 10.4. The molecule has 2 aromatic rings. The van der Waals surface area contributed by atoms with Crippen molar-refractivity contribution in [3.63, 3.8) is 0 Å². The van der Waals surface area contributed by atoms with Crippen LogP contribution in [0.4, 0.5) is 0 Å². The lowest BCUT2D eigenvalue weighted by Gasteiger charge is -2.14. The van der Waals surface area contributed by atoms with Gasteiger partial charge >= 0.3 is 0 Å². The number of carbonyl (C=O) groups is 1. The van der Waals surface area contributed by atoms with E-state index in [-0.39, 0.29) is 4.90 Å². The molecule has 0 aliphatic carbocycles. The largest absolute Gasteiger partial charge is 0.274 e. The van der Waals surface area contributed by atoms with Crippen LogP contribution in [0.15, 0.2) is 71.6 Å². The van der Waals surface area contributed by atoms with Crippen LogP contribution in [0.2, 0.25) is 0 Å². The summed E-state index contributed by atoms with van der Waals surface area (Å²) in [6.45, 7) is 13.2. The molecular formula is C21H35NO3S. The van der Waals surface area contributed by atoms with Crippen molar-refractivity contribution in [1.82, 2.24) is 4.31 Å². The van der Waals surface area contributed by atoms with Gasteiger partial charge in [0.1, 0.15) is 0 Å². The van der Waals surface area contributed by atoms with Crippen LogP contribution < -0.4 is 0 Å². The monoisotopic (exact) mass is 382 g/mol. The lowest BCUT2D eigenvalue weighted by molar-refractivity contribution is -0.123. The third-order valence-electron chi connectivity index (χ3n) is 2.45. The summed E-state index contributed by atoms with van der Waals surface area (Å²) in [6, 6.07) is 17.5. The van der Waals surface area contributed by atoms with Gasteiger partial charge in [0, 0.05) is 14.0 Å². The highest BCUT2D eigenvalue weighted by molar-refractivity contribution is 7.89. The van der Waals surface area contributed by atoms with E-state index in [2.05, 4.69) is 0 Å². The molecule has 148 valence electrons. The first-order chi connectivity index (χ1) is 12.9. The van der Waals surface area contributed by atoms with Gasteiger partial charge in [-0.15, -0.1) is 0 Å². The molecule has 0 bridgehead atoms. The van der Waals surface area contributed by atoms with Gasteiger partial charge in [0.15, 0.2) is 0 Å². The maximum atomic E-state index is 11.7. The molecule has 0 saturated heterocycles. The van der Waals surface area contributed by atoms with Crippen molar-refractivity contribution in [3.8, 4) is 0 Å². The van der Waals surface area contributed by atoms with E-state index in [4.69, 9.17) is 1.37 Å². The molecule has 0 spiro atoms. The number of amides is 1. The normalized spacial score (nSPS) is 9.00. The molecule has 0 saturated carbocycles. The number of sulfonamides is 1. The molecule has 0 aromatic heterocycles. The Morgan fingerprint density at radius 2 is 1.15 bits per heavy atom. The van der Waals surface area contributed by atoms with Crippen LogP contribution in [0.1, 0.15) is 49.8 Å². The molecule has 0 N–H and O–H groups in total. The van der Waals surface area contributed by atoms with Gasteiger partial charge in [0.2, 0.25) is 5.91 Å². The van der Waals surface area contributed by atoms with Crippen LogP contribution in [-0.2, 0) is 14.8 Å². The molecule has 0 aliphatic heterocycles. The van der Waals surface area contributed by atoms with Crippen molar-refractivity contribution in [2.24, 2.45) is 0 Å². The molecule has 0 unspecified atom stereocenters. The van der Waals surface area contributed by atoms with Gasteiger partial charge in [-0.2, -0.15) is 0 Å². The minimum Gasteiger partial charge on any atom is -0.274 e. The van der Waals surface area contributed by atoms with Gasteiger partial charge in [0.05, 0.1) is 6.27 Å². The molecule has 26 heavy (non-hydrogen) atoms. The molecule has 4 nitrogen and oxygen atoms in total. The van der Waals surface area contributed by atoms with Gasteiger partial charge in [-0.25, -0.2) is 12.7 Å². The van der Waals surface area contributed by atoms with Crippen LogP contribution in [0.3, 0.4) is 0 Å². The van der Waals surface area contributed by atoms with Crippen LogP contribution in [0.25, 0.3) is 0 Å². The van der Waals surface area contributed by atoms with Crippen molar-refractivity contribution >= 4 is 15.9 Å². The average molecular weight is 383 g/mol. The van der Waals surface area contributed by atoms with Gasteiger partial charge < -0.3 is 0 Å². The van der Waals surface area contributed by atoms with E-state index in [1.807, 2.05) is 59.7 Å². The van der Waals surface area contributed by atoms with E-state index in [1.54, 1.807) is 30.3 Å². The zero-order chi connectivity index (χ0) is 21.9. The lowest BCUT2D eigenvalue weighted by atomic mass is 10.4. The molecule has 0 fully saturated rings. The Hall–Kier alpha value is -2.14. The van der Waals surface area contributed by atoms with E-state index < -0.39 is 15.9 Å². The summed E-state index contributed by atoms with van der Waals surface area (Å²) in [6.07, 6.45) is 0. The quantitative estimate of drug-likeness (QED) is 0.677. The smallest absolute Gasteiger partial charge is 0.266 e. The molecule has 0 heterocycles. The molecule has 0 radical (unpaired) electrons. The van der Waals surface area contributed by atoms with Crippen LogP contribution >= 0.6 is 0 Å². The summed E-state index contributed by atoms with van der Waals surface area (Å²) in [4.78, 5) is 11.0. The van der Waals surface area contributed by atoms with E-state index in [0.717, 1.165) is 4.31 Å². The van der Waals surface area contributed by atoms with Crippen molar-refractivity contribution in [3.05, 3.63) is 66.7 Å². The van der Waals surface area contributed by atoms with Crippen molar-refractivity contribution in [2.75, 3.05) is 7.05 Å². The summed E-state index contributed by atoms with van der Waals surface area (Å²) < 4.78 is 31.1. The molecule has 1 amide bonds. The number of carbonyl (C=O) groups excluding carboxylic acids is 1. The minimum absolute atomic E-state index is 0.123. The fourth-order valence-electron chi connectivity index (χ4n) is 1.26. The number of hydrogen-bond acceptors (Lipinski definition) is 3. The first-order valence-electron chi connectivity index (χ1n) is 9.42. The molecule has 2 aromatic carbocycles. The summed E-state index contributed by atoms with van der Waals surface area (Å²) in [7, 11) is -2.41. The number of rotatable bonds is 2. The van der Waals surface area contributed by atoms with E-state index in [9.17, 15) is 13.2 Å². The molecule has 2 rings (SSSR count). The highest BCUT2D eigenvalue weighted by Crippen LogP contribution is 2.12. The van der Waals surface area contributed by atoms with E-state index in [1.165, 1.54) is 26.1 Å². The predicted molar refractivity (Wildman–Crippen MR) is 113 cm³/mol. The standard InChI is InChI=1S/C9H11NO3S.C6H6.3C2H6/c1-8(11)10(2)14(12,13)9-6-4-3-5-7-9;1-2-4-6-5-3-1;3*1-2/h3-7H,1-2H3;1-6H;3*1-2H3/i;1D;;;. The molecular weight excluding hydrogens is 346 g/mol. The Morgan fingerprint density at radius 1 is 0.808 bits per heavy atom. The second-order valence-electron chi connectivity index (χ2n) is 3.88. The predicted octanol–water partition coefficient (Wildman–Crippen LogP) is 5.62. The Kier molecular flexibility index (Phi) is 19.3. The lowest BCUT2D eigenvalue weighted by Crippen LogP contribution is -2.31. The maximum Gasteiger partial charge on any atom is 0.266 e. The third kappa shape index (κ3) is 12.3. The van der Waals surface area contributed by atoms with Gasteiger partial charge in [-0.05, 0) is 12.1 Å². The van der Waals surface area contributed by atoms with Crippen LogP contribution in [0.5, 0.6) is 0 Å². The number of benzene rings is 2. The zero-order valence-electron chi connectivity index (χ0n) is 18.4. The topological polar surface area (TPSA) is 54.5 Å². The van der Waals surface area contributed by atoms with E-state index >= 15 is 0 Å². The summed E-state index contributed by atoms with van der Waals surface area (Å²) >= 11 is 0.